The third-order valence-corrected chi connectivity index (χ3v) is 5.74. The van der Waals surface area contributed by atoms with Crippen LogP contribution in [0.1, 0.15) is 41.7 Å². The molecule has 1 aromatic carbocycles. The van der Waals surface area contributed by atoms with Crippen molar-refractivity contribution in [3.63, 3.8) is 0 Å². The molecule has 7 heteroatoms. The molecule has 29 heavy (non-hydrogen) atoms. The lowest BCUT2D eigenvalue weighted by atomic mass is 10.0. The van der Waals surface area contributed by atoms with E-state index >= 15 is 0 Å². The molecule has 0 radical (unpaired) electrons. The number of benzene rings is 1. The molecule has 2 fully saturated rings. The Bertz CT molecular complexity index is 901. The highest BCUT2D eigenvalue weighted by atomic mass is 19.1. The van der Waals surface area contributed by atoms with E-state index in [4.69, 9.17) is 4.74 Å². The van der Waals surface area contributed by atoms with Gasteiger partial charge >= 0.3 is 0 Å². The van der Waals surface area contributed by atoms with Crippen LogP contribution < -0.4 is 15.0 Å². The van der Waals surface area contributed by atoms with E-state index < -0.39 is 5.54 Å². The summed E-state index contributed by atoms with van der Waals surface area (Å²) in [6.07, 6.45) is 5.18. The molecule has 0 unspecified atom stereocenters. The number of aliphatic hydroxyl groups is 1. The highest BCUT2D eigenvalue weighted by Crippen LogP contribution is 2.40. The number of aliphatic hydroxyl groups excluding tert-OH is 1. The number of β-amino-alcohol motifs (C(OH)–C–C–N with tert-alkyl or cyclic N) is 1. The molecular weight excluding hydrogens is 373 g/mol. The lowest BCUT2D eigenvalue weighted by Gasteiger charge is -2.32. The quantitative estimate of drug-likeness (QED) is 0.781. The molecule has 1 saturated carbocycles. The zero-order valence-electron chi connectivity index (χ0n) is 16.5. The van der Waals surface area contributed by atoms with Gasteiger partial charge in [0.25, 0.3) is 5.91 Å². The van der Waals surface area contributed by atoms with E-state index in [1.54, 1.807) is 25.4 Å². The lowest BCUT2D eigenvalue weighted by molar-refractivity contribution is 0.0926. The van der Waals surface area contributed by atoms with Crippen molar-refractivity contribution in [3.8, 4) is 5.75 Å². The van der Waals surface area contributed by atoms with E-state index in [9.17, 15) is 14.3 Å². The highest BCUT2D eigenvalue weighted by molar-refractivity contribution is 5.94. The van der Waals surface area contributed by atoms with Crippen molar-refractivity contribution in [1.29, 1.82) is 0 Å². The Morgan fingerprint density at radius 3 is 2.93 bits per heavy atom. The zero-order chi connectivity index (χ0) is 20.4. The normalized spacial score (nSPS) is 20.2. The van der Waals surface area contributed by atoms with Gasteiger partial charge in [-0.2, -0.15) is 0 Å². The van der Waals surface area contributed by atoms with Crippen LogP contribution in [0.25, 0.3) is 0 Å². The number of ether oxygens (including phenoxy) is 1. The molecule has 4 rings (SSSR count). The van der Waals surface area contributed by atoms with Crippen LogP contribution in [0, 0.1) is 5.82 Å². The van der Waals surface area contributed by atoms with E-state index in [-0.39, 0.29) is 17.8 Å². The minimum atomic E-state index is -0.392. The van der Waals surface area contributed by atoms with Gasteiger partial charge in [-0.05, 0) is 68.0 Å². The molecule has 1 aliphatic carbocycles. The number of nitrogens with one attached hydrogen (secondary N) is 1. The van der Waals surface area contributed by atoms with E-state index in [0.717, 1.165) is 43.5 Å². The standard InChI is InChI=1S/C22H26FN3O3/c1-29-20-5-4-16(23)11-15(20)13-22(7-8-22)25-21(28)19-12-17(6-9-24-19)26-10-2-3-18(27)14-26/h4-6,9,11-12,18,27H,2-3,7-8,10,13-14H2,1H3,(H,25,28)/t18-/m0/s1. The predicted molar refractivity (Wildman–Crippen MR) is 108 cm³/mol. The van der Waals surface area contributed by atoms with E-state index in [2.05, 4.69) is 15.2 Å². The topological polar surface area (TPSA) is 74.7 Å². The van der Waals surface area contributed by atoms with Gasteiger partial charge in [0, 0.05) is 30.5 Å². The van der Waals surface area contributed by atoms with Crippen LogP contribution in [0.15, 0.2) is 36.5 Å². The molecule has 1 aromatic heterocycles. The van der Waals surface area contributed by atoms with Crippen molar-refractivity contribution in [1.82, 2.24) is 10.3 Å². The first-order chi connectivity index (χ1) is 14.0. The number of hydrogen-bond acceptors (Lipinski definition) is 5. The number of aromatic nitrogens is 1. The van der Waals surface area contributed by atoms with E-state index in [0.29, 0.717) is 24.4 Å². The Morgan fingerprint density at radius 1 is 1.38 bits per heavy atom. The number of hydrogen-bond donors (Lipinski definition) is 2. The average molecular weight is 399 g/mol. The molecule has 2 heterocycles. The molecule has 1 atom stereocenters. The smallest absolute Gasteiger partial charge is 0.270 e. The molecule has 1 amide bonds. The van der Waals surface area contributed by atoms with Gasteiger partial charge in [0.2, 0.25) is 0 Å². The minimum absolute atomic E-state index is 0.239. The zero-order valence-corrected chi connectivity index (χ0v) is 16.5. The number of amides is 1. The Morgan fingerprint density at radius 2 is 2.21 bits per heavy atom. The molecule has 0 spiro atoms. The number of piperidine rings is 1. The first-order valence-corrected chi connectivity index (χ1v) is 10.0. The Hall–Kier alpha value is -2.67. The summed E-state index contributed by atoms with van der Waals surface area (Å²) in [5.41, 5.74) is 1.59. The molecule has 2 aliphatic rings. The predicted octanol–water partition coefficient (Wildman–Crippen LogP) is 2.70. The van der Waals surface area contributed by atoms with Crippen molar-refractivity contribution in [2.45, 2.75) is 43.7 Å². The summed E-state index contributed by atoms with van der Waals surface area (Å²) in [4.78, 5) is 19.2. The van der Waals surface area contributed by atoms with Crippen LogP contribution in [-0.2, 0) is 6.42 Å². The van der Waals surface area contributed by atoms with Gasteiger partial charge in [0.05, 0.1) is 13.2 Å². The summed E-state index contributed by atoms with van der Waals surface area (Å²) >= 11 is 0. The summed E-state index contributed by atoms with van der Waals surface area (Å²) < 4.78 is 19.0. The van der Waals surface area contributed by atoms with Gasteiger partial charge in [-0.25, -0.2) is 4.39 Å². The molecule has 154 valence electrons. The SMILES string of the molecule is COc1ccc(F)cc1CC1(NC(=O)c2cc(N3CCC[C@H](O)C3)ccn2)CC1. The summed E-state index contributed by atoms with van der Waals surface area (Å²) in [5.74, 6) is 0.0639. The number of anilines is 1. The molecule has 2 N–H and O–H groups in total. The van der Waals surface area contributed by atoms with E-state index in [1.165, 1.54) is 12.1 Å². The molecule has 1 aliphatic heterocycles. The van der Waals surface area contributed by atoms with Crippen LogP contribution in [-0.4, -0.2) is 47.8 Å². The van der Waals surface area contributed by atoms with Crippen molar-refractivity contribution < 1.29 is 19.0 Å². The van der Waals surface area contributed by atoms with Crippen LogP contribution in [0.5, 0.6) is 5.75 Å². The van der Waals surface area contributed by atoms with Gasteiger partial charge < -0.3 is 20.1 Å². The monoisotopic (exact) mass is 399 g/mol. The first kappa shape index (κ1) is 19.6. The third kappa shape index (κ3) is 4.50. The fourth-order valence-electron chi connectivity index (χ4n) is 3.98. The lowest BCUT2D eigenvalue weighted by Crippen LogP contribution is -2.40. The maximum atomic E-state index is 13.7. The van der Waals surface area contributed by atoms with Crippen molar-refractivity contribution >= 4 is 11.6 Å². The molecule has 1 saturated heterocycles. The third-order valence-electron chi connectivity index (χ3n) is 5.74. The summed E-state index contributed by atoms with van der Waals surface area (Å²) in [6.45, 7) is 1.42. The number of pyridine rings is 1. The van der Waals surface area contributed by atoms with Crippen LogP contribution in [0.4, 0.5) is 10.1 Å². The molecule has 6 nitrogen and oxygen atoms in total. The summed E-state index contributed by atoms with van der Waals surface area (Å²) in [5, 5.41) is 13.0. The number of carbonyl (C=O) groups excluding carboxylic acids is 1. The number of rotatable bonds is 6. The van der Waals surface area contributed by atoms with Crippen molar-refractivity contribution in [3.05, 3.63) is 53.6 Å². The molecule has 2 aromatic rings. The first-order valence-electron chi connectivity index (χ1n) is 10.0. The number of nitrogens with zero attached hydrogens (tertiary/aromatic N) is 2. The largest absolute Gasteiger partial charge is 0.496 e. The second-order valence-electron chi connectivity index (χ2n) is 8.01. The second-order valence-corrected chi connectivity index (χ2v) is 8.01. The van der Waals surface area contributed by atoms with Gasteiger partial charge in [-0.1, -0.05) is 0 Å². The van der Waals surface area contributed by atoms with Crippen molar-refractivity contribution in [2.75, 3.05) is 25.1 Å². The van der Waals surface area contributed by atoms with Gasteiger partial charge in [-0.3, -0.25) is 9.78 Å². The number of carbonyl (C=O) groups is 1. The Kier molecular flexibility index (Phi) is 5.41. The maximum Gasteiger partial charge on any atom is 0.270 e. The number of halogens is 1. The van der Waals surface area contributed by atoms with Gasteiger partial charge in [0.1, 0.15) is 17.3 Å². The average Bonchev–Trinajstić information content (AvgIpc) is 3.47. The van der Waals surface area contributed by atoms with Crippen LogP contribution in [0.3, 0.4) is 0 Å². The number of methoxy groups -OCH3 is 1. The fraction of sp³-hybridized carbons (Fsp3) is 0.455. The Balaban J connectivity index is 1.47. The second kappa shape index (κ2) is 7.99. The van der Waals surface area contributed by atoms with Crippen LogP contribution in [0.2, 0.25) is 0 Å². The summed E-state index contributed by atoms with van der Waals surface area (Å²) in [6, 6.07) is 8.07. The maximum absolute atomic E-state index is 13.7. The highest BCUT2D eigenvalue weighted by Gasteiger charge is 2.45. The molecular formula is C22H26FN3O3. The molecule has 0 bridgehead atoms. The minimum Gasteiger partial charge on any atom is -0.496 e. The van der Waals surface area contributed by atoms with Crippen molar-refractivity contribution in [2.24, 2.45) is 0 Å². The van der Waals surface area contributed by atoms with Gasteiger partial charge in [-0.15, -0.1) is 0 Å². The summed E-state index contributed by atoms with van der Waals surface area (Å²) in [7, 11) is 1.56. The van der Waals surface area contributed by atoms with E-state index in [1.807, 2.05) is 6.07 Å². The van der Waals surface area contributed by atoms with Gasteiger partial charge in [0.15, 0.2) is 0 Å². The Labute approximate surface area is 169 Å². The van der Waals surface area contributed by atoms with Crippen LogP contribution >= 0.6 is 0 Å². The fourth-order valence-corrected chi connectivity index (χ4v) is 3.98.